The average molecular weight is 356 g/mol. The Labute approximate surface area is 147 Å². The van der Waals surface area contributed by atoms with E-state index in [0.29, 0.717) is 18.5 Å². The van der Waals surface area contributed by atoms with Gasteiger partial charge >= 0.3 is 0 Å². The van der Waals surface area contributed by atoms with E-state index in [-0.39, 0.29) is 5.16 Å². The quantitative estimate of drug-likeness (QED) is 0.679. The molecule has 0 unspecified atom stereocenters. The summed E-state index contributed by atoms with van der Waals surface area (Å²) < 4.78 is 26.6. The van der Waals surface area contributed by atoms with Crippen molar-refractivity contribution in [1.29, 1.82) is 0 Å². The molecular formula is C18H20N4O2S. The van der Waals surface area contributed by atoms with Gasteiger partial charge in [0, 0.05) is 0 Å². The molecule has 1 heterocycles. The van der Waals surface area contributed by atoms with Crippen LogP contribution in [0.3, 0.4) is 0 Å². The van der Waals surface area contributed by atoms with E-state index in [2.05, 4.69) is 15.5 Å². The molecule has 0 aliphatic carbocycles. The number of nitrogens with zero attached hydrogens (tertiary/aromatic N) is 4. The van der Waals surface area contributed by atoms with Crippen LogP contribution in [0.2, 0.25) is 0 Å². The van der Waals surface area contributed by atoms with Gasteiger partial charge in [-0.1, -0.05) is 53.6 Å². The molecular weight excluding hydrogens is 336 g/mol. The van der Waals surface area contributed by atoms with Gasteiger partial charge in [0.15, 0.2) is 0 Å². The maximum atomic E-state index is 13.2. The molecule has 0 fully saturated rings. The summed E-state index contributed by atoms with van der Waals surface area (Å²) >= 11 is 0. The normalized spacial score (nSPS) is 12.2. The number of aromatic nitrogens is 4. The minimum Gasteiger partial charge on any atom is -0.220 e. The molecule has 0 N–H and O–H groups in total. The molecule has 0 radical (unpaired) electrons. The Balaban J connectivity index is 1.90. The number of sulfone groups is 1. The SMILES string of the molecule is CC(C)(CCc1ccccc1)S(=O)(=O)c1nnnn1-c1ccccc1. The zero-order valence-electron chi connectivity index (χ0n) is 14.2. The van der Waals surface area contributed by atoms with Crippen molar-refractivity contribution in [3.05, 3.63) is 66.2 Å². The fourth-order valence-corrected chi connectivity index (χ4v) is 3.93. The van der Waals surface area contributed by atoms with Crippen molar-refractivity contribution in [2.24, 2.45) is 0 Å². The third-order valence-corrected chi connectivity index (χ3v) is 6.66. The van der Waals surface area contributed by atoms with Crippen LogP contribution in [0.5, 0.6) is 0 Å². The van der Waals surface area contributed by atoms with E-state index in [0.717, 1.165) is 5.56 Å². The maximum Gasteiger partial charge on any atom is 0.272 e. The van der Waals surface area contributed by atoms with Gasteiger partial charge in [0.25, 0.3) is 5.16 Å². The fourth-order valence-electron chi connectivity index (χ4n) is 2.55. The first-order chi connectivity index (χ1) is 11.9. The standard InChI is InChI=1S/C18H20N4O2S/c1-18(2,14-13-15-9-5-3-6-10-15)25(23,24)17-19-20-21-22(17)16-11-7-4-8-12-16/h3-12H,13-14H2,1-2H3. The highest BCUT2D eigenvalue weighted by Gasteiger charge is 2.39. The maximum absolute atomic E-state index is 13.2. The van der Waals surface area contributed by atoms with Crippen LogP contribution in [0.1, 0.15) is 25.8 Å². The number of hydrogen-bond acceptors (Lipinski definition) is 5. The predicted octanol–water partition coefficient (Wildman–Crippen LogP) is 2.85. The lowest BCUT2D eigenvalue weighted by atomic mass is 10.0. The first-order valence-corrected chi connectivity index (χ1v) is 9.52. The van der Waals surface area contributed by atoms with E-state index >= 15 is 0 Å². The lowest BCUT2D eigenvalue weighted by molar-refractivity contribution is 0.514. The number of aryl methyl sites for hydroxylation is 1. The summed E-state index contributed by atoms with van der Waals surface area (Å²) in [4.78, 5) is 0. The second-order valence-electron chi connectivity index (χ2n) is 6.46. The van der Waals surface area contributed by atoms with E-state index in [1.54, 1.807) is 26.0 Å². The van der Waals surface area contributed by atoms with Crippen LogP contribution in [0.15, 0.2) is 65.8 Å². The van der Waals surface area contributed by atoms with Gasteiger partial charge in [-0.15, -0.1) is 0 Å². The largest absolute Gasteiger partial charge is 0.272 e. The number of para-hydroxylation sites is 1. The van der Waals surface area contributed by atoms with E-state index in [1.165, 1.54) is 4.68 Å². The van der Waals surface area contributed by atoms with Gasteiger partial charge < -0.3 is 0 Å². The zero-order valence-corrected chi connectivity index (χ0v) is 15.0. The zero-order chi connectivity index (χ0) is 17.9. The summed E-state index contributed by atoms with van der Waals surface area (Å²) in [6, 6.07) is 18.9. The van der Waals surface area contributed by atoms with Gasteiger partial charge in [0.2, 0.25) is 9.84 Å². The highest BCUT2D eigenvalue weighted by Crippen LogP contribution is 2.29. The van der Waals surface area contributed by atoms with Crippen molar-refractivity contribution in [1.82, 2.24) is 20.2 Å². The molecule has 0 spiro atoms. The smallest absolute Gasteiger partial charge is 0.220 e. The molecule has 1 aromatic heterocycles. The second-order valence-corrected chi connectivity index (χ2v) is 8.93. The number of rotatable bonds is 6. The number of hydrogen-bond donors (Lipinski definition) is 0. The Kier molecular flexibility index (Phi) is 4.67. The molecule has 3 aromatic rings. The van der Waals surface area contributed by atoms with Gasteiger partial charge in [-0.05, 0) is 54.8 Å². The minimum atomic E-state index is -3.72. The Morgan fingerprint density at radius 3 is 2.20 bits per heavy atom. The summed E-state index contributed by atoms with van der Waals surface area (Å²) in [5.41, 5.74) is 1.72. The van der Waals surface area contributed by atoms with Gasteiger partial charge in [0.05, 0.1) is 10.4 Å². The third kappa shape index (κ3) is 3.46. The fraction of sp³-hybridized carbons (Fsp3) is 0.278. The van der Waals surface area contributed by atoms with Crippen molar-refractivity contribution < 1.29 is 8.42 Å². The van der Waals surface area contributed by atoms with Crippen LogP contribution in [0.4, 0.5) is 0 Å². The number of benzene rings is 2. The summed E-state index contributed by atoms with van der Waals surface area (Å²) in [6.07, 6.45) is 1.14. The van der Waals surface area contributed by atoms with Crippen molar-refractivity contribution in [2.45, 2.75) is 36.6 Å². The molecule has 0 saturated heterocycles. The first-order valence-electron chi connectivity index (χ1n) is 8.04. The molecule has 3 rings (SSSR count). The van der Waals surface area contributed by atoms with E-state index in [1.807, 2.05) is 48.5 Å². The van der Waals surface area contributed by atoms with Crippen LogP contribution >= 0.6 is 0 Å². The highest BCUT2D eigenvalue weighted by atomic mass is 32.2. The molecule has 0 amide bonds. The Morgan fingerprint density at radius 2 is 1.56 bits per heavy atom. The average Bonchev–Trinajstić information content (AvgIpc) is 3.12. The molecule has 25 heavy (non-hydrogen) atoms. The van der Waals surface area contributed by atoms with Gasteiger partial charge in [-0.3, -0.25) is 0 Å². The van der Waals surface area contributed by atoms with Gasteiger partial charge in [-0.2, -0.15) is 4.68 Å². The van der Waals surface area contributed by atoms with Crippen molar-refractivity contribution in [2.75, 3.05) is 0 Å². The molecule has 130 valence electrons. The van der Waals surface area contributed by atoms with E-state index in [9.17, 15) is 8.42 Å². The minimum absolute atomic E-state index is 0.128. The Bertz CT molecular complexity index is 935. The summed E-state index contributed by atoms with van der Waals surface area (Å²) in [5, 5.41) is 11.1. The molecule has 6 nitrogen and oxygen atoms in total. The van der Waals surface area contributed by atoms with E-state index in [4.69, 9.17) is 0 Å². The monoisotopic (exact) mass is 356 g/mol. The van der Waals surface area contributed by atoms with Crippen LogP contribution in [0.25, 0.3) is 5.69 Å². The topological polar surface area (TPSA) is 77.7 Å². The third-order valence-electron chi connectivity index (χ3n) is 4.27. The molecule has 0 atom stereocenters. The molecule has 0 bridgehead atoms. The molecule has 7 heteroatoms. The molecule has 0 aliphatic rings. The van der Waals surface area contributed by atoms with Crippen LogP contribution < -0.4 is 0 Å². The second kappa shape index (κ2) is 6.76. The van der Waals surface area contributed by atoms with Crippen LogP contribution in [-0.2, 0) is 16.3 Å². The summed E-state index contributed by atoms with van der Waals surface area (Å²) in [7, 11) is -3.72. The van der Waals surface area contributed by atoms with Gasteiger partial charge in [0.1, 0.15) is 0 Å². The Hall–Kier alpha value is -2.54. The molecule has 0 saturated carbocycles. The van der Waals surface area contributed by atoms with Gasteiger partial charge in [-0.25, -0.2) is 8.42 Å². The van der Waals surface area contributed by atoms with Crippen LogP contribution in [0, 0.1) is 0 Å². The van der Waals surface area contributed by atoms with Crippen molar-refractivity contribution in [3.63, 3.8) is 0 Å². The first kappa shape index (κ1) is 17.3. The van der Waals surface area contributed by atoms with Crippen molar-refractivity contribution >= 4 is 9.84 Å². The van der Waals surface area contributed by atoms with Crippen molar-refractivity contribution in [3.8, 4) is 5.69 Å². The predicted molar refractivity (Wildman–Crippen MR) is 95.2 cm³/mol. The molecule has 2 aromatic carbocycles. The van der Waals surface area contributed by atoms with E-state index < -0.39 is 14.6 Å². The summed E-state index contributed by atoms with van der Waals surface area (Å²) in [5.74, 6) is 0. The molecule has 0 aliphatic heterocycles. The lowest BCUT2D eigenvalue weighted by Crippen LogP contribution is -2.34. The lowest BCUT2D eigenvalue weighted by Gasteiger charge is -2.23. The Morgan fingerprint density at radius 1 is 0.960 bits per heavy atom. The number of tetrazole rings is 1. The van der Waals surface area contributed by atoms with Crippen LogP contribution in [-0.4, -0.2) is 33.4 Å². The highest BCUT2D eigenvalue weighted by molar-refractivity contribution is 7.92. The summed E-state index contributed by atoms with van der Waals surface area (Å²) in [6.45, 7) is 3.44.